The van der Waals surface area contributed by atoms with Crippen molar-refractivity contribution in [1.82, 2.24) is 0 Å². The van der Waals surface area contributed by atoms with E-state index in [0.29, 0.717) is 12.5 Å². The van der Waals surface area contributed by atoms with Crippen LogP contribution in [0.5, 0.6) is 5.75 Å². The number of ether oxygens (including phenoxy) is 2. The Balaban J connectivity index is 1.97. The SMILES string of the molecule is Cc1ccc(C(C)C)cc1OCC1CCCCO1. The summed E-state index contributed by atoms with van der Waals surface area (Å²) in [6.07, 6.45) is 3.86. The maximum absolute atomic E-state index is 5.94. The van der Waals surface area contributed by atoms with Gasteiger partial charge < -0.3 is 9.47 Å². The van der Waals surface area contributed by atoms with Crippen molar-refractivity contribution >= 4 is 0 Å². The van der Waals surface area contributed by atoms with Gasteiger partial charge in [0.1, 0.15) is 12.4 Å². The van der Waals surface area contributed by atoms with Crippen molar-refractivity contribution in [3.8, 4) is 5.75 Å². The Kier molecular flexibility index (Phi) is 4.65. The van der Waals surface area contributed by atoms with Crippen molar-refractivity contribution in [2.75, 3.05) is 13.2 Å². The van der Waals surface area contributed by atoms with Gasteiger partial charge in [-0.05, 0) is 49.3 Å². The third-order valence-corrected chi connectivity index (χ3v) is 3.58. The average Bonchev–Trinajstić information content (AvgIpc) is 2.38. The van der Waals surface area contributed by atoms with Crippen molar-refractivity contribution in [2.45, 2.75) is 52.1 Å². The highest BCUT2D eigenvalue weighted by atomic mass is 16.5. The minimum absolute atomic E-state index is 0.279. The zero-order chi connectivity index (χ0) is 13.0. The summed E-state index contributed by atoms with van der Waals surface area (Å²) in [7, 11) is 0. The molecule has 18 heavy (non-hydrogen) atoms. The van der Waals surface area contributed by atoms with Crippen molar-refractivity contribution in [3.63, 3.8) is 0 Å². The molecule has 1 saturated heterocycles. The molecule has 1 atom stereocenters. The molecule has 0 aliphatic carbocycles. The van der Waals surface area contributed by atoms with Crippen LogP contribution in [0.25, 0.3) is 0 Å². The van der Waals surface area contributed by atoms with Crippen LogP contribution in [0.4, 0.5) is 0 Å². The number of hydrogen-bond donors (Lipinski definition) is 0. The number of aryl methyl sites for hydroxylation is 1. The molecule has 0 saturated carbocycles. The largest absolute Gasteiger partial charge is 0.491 e. The monoisotopic (exact) mass is 248 g/mol. The van der Waals surface area contributed by atoms with Crippen molar-refractivity contribution in [2.24, 2.45) is 0 Å². The normalized spacial score (nSPS) is 20.1. The van der Waals surface area contributed by atoms with Crippen molar-refractivity contribution in [1.29, 1.82) is 0 Å². The number of benzene rings is 1. The van der Waals surface area contributed by atoms with Crippen LogP contribution in [-0.2, 0) is 4.74 Å². The van der Waals surface area contributed by atoms with Gasteiger partial charge in [-0.1, -0.05) is 26.0 Å². The lowest BCUT2D eigenvalue weighted by molar-refractivity contribution is -0.0112. The third-order valence-electron chi connectivity index (χ3n) is 3.58. The molecule has 100 valence electrons. The lowest BCUT2D eigenvalue weighted by Crippen LogP contribution is -2.25. The van der Waals surface area contributed by atoms with E-state index in [-0.39, 0.29) is 6.10 Å². The quantitative estimate of drug-likeness (QED) is 0.799. The Hall–Kier alpha value is -1.02. The Labute approximate surface area is 110 Å². The molecule has 2 heteroatoms. The summed E-state index contributed by atoms with van der Waals surface area (Å²) >= 11 is 0. The molecule has 0 bridgehead atoms. The second-order valence-electron chi connectivity index (χ2n) is 5.48. The maximum Gasteiger partial charge on any atom is 0.122 e. The highest BCUT2D eigenvalue weighted by molar-refractivity contribution is 5.37. The van der Waals surface area contributed by atoms with Crippen LogP contribution in [0.15, 0.2) is 18.2 Å². The first-order chi connectivity index (χ1) is 8.66. The molecule has 1 fully saturated rings. The van der Waals surface area contributed by atoms with E-state index < -0.39 is 0 Å². The first-order valence-corrected chi connectivity index (χ1v) is 7.02. The molecule has 0 amide bonds. The Morgan fingerprint density at radius 3 is 2.83 bits per heavy atom. The number of rotatable bonds is 4. The van der Waals surface area contributed by atoms with E-state index in [1.807, 2.05) is 0 Å². The summed E-state index contributed by atoms with van der Waals surface area (Å²) in [5.74, 6) is 1.55. The zero-order valence-corrected chi connectivity index (χ0v) is 11.7. The Morgan fingerprint density at radius 2 is 2.17 bits per heavy atom. The minimum Gasteiger partial charge on any atom is -0.491 e. The van der Waals surface area contributed by atoms with Gasteiger partial charge in [-0.2, -0.15) is 0 Å². The zero-order valence-electron chi connectivity index (χ0n) is 11.7. The summed E-state index contributed by atoms with van der Waals surface area (Å²) < 4.78 is 11.6. The van der Waals surface area contributed by atoms with Gasteiger partial charge in [0.25, 0.3) is 0 Å². The smallest absolute Gasteiger partial charge is 0.122 e. The summed E-state index contributed by atoms with van der Waals surface area (Å²) in [6.45, 7) is 8.08. The first-order valence-electron chi connectivity index (χ1n) is 7.02. The summed E-state index contributed by atoms with van der Waals surface area (Å²) in [5, 5.41) is 0. The highest BCUT2D eigenvalue weighted by Gasteiger charge is 2.15. The molecule has 1 aromatic rings. The fourth-order valence-electron chi connectivity index (χ4n) is 2.25. The summed E-state index contributed by atoms with van der Waals surface area (Å²) in [4.78, 5) is 0. The van der Waals surface area contributed by atoms with Gasteiger partial charge in [0, 0.05) is 6.61 Å². The molecule has 1 unspecified atom stereocenters. The molecule has 0 N–H and O–H groups in total. The lowest BCUT2D eigenvalue weighted by atomic mass is 10.0. The third kappa shape index (κ3) is 3.49. The molecule has 1 aromatic carbocycles. The second-order valence-corrected chi connectivity index (χ2v) is 5.48. The number of hydrogen-bond acceptors (Lipinski definition) is 2. The molecule has 2 rings (SSSR count). The topological polar surface area (TPSA) is 18.5 Å². The molecule has 0 spiro atoms. The van der Waals surface area contributed by atoms with Crippen LogP contribution >= 0.6 is 0 Å². The molecule has 2 nitrogen and oxygen atoms in total. The average molecular weight is 248 g/mol. The summed E-state index contributed by atoms with van der Waals surface area (Å²) in [6, 6.07) is 6.50. The molecule has 1 aliphatic heterocycles. The van der Waals surface area contributed by atoms with Crippen LogP contribution in [0.1, 0.15) is 50.2 Å². The standard InChI is InChI=1S/C16H24O2/c1-12(2)14-8-7-13(3)16(10-14)18-11-15-6-4-5-9-17-15/h7-8,10,12,15H,4-6,9,11H2,1-3H3. The molecular weight excluding hydrogens is 224 g/mol. The van der Waals surface area contributed by atoms with E-state index in [9.17, 15) is 0 Å². The van der Waals surface area contributed by atoms with E-state index in [2.05, 4.69) is 39.0 Å². The highest BCUT2D eigenvalue weighted by Crippen LogP contribution is 2.25. The first kappa shape index (κ1) is 13.4. The predicted octanol–water partition coefficient (Wildman–Crippen LogP) is 4.07. The lowest BCUT2D eigenvalue weighted by Gasteiger charge is -2.23. The fourth-order valence-corrected chi connectivity index (χ4v) is 2.25. The van der Waals surface area contributed by atoms with E-state index in [4.69, 9.17) is 9.47 Å². The van der Waals surface area contributed by atoms with Gasteiger partial charge in [0.05, 0.1) is 6.10 Å². The van der Waals surface area contributed by atoms with Crippen LogP contribution < -0.4 is 4.74 Å². The molecule has 0 aromatic heterocycles. The Morgan fingerprint density at radius 1 is 1.33 bits per heavy atom. The van der Waals surface area contributed by atoms with Gasteiger partial charge in [0.2, 0.25) is 0 Å². The van der Waals surface area contributed by atoms with E-state index in [0.717, 1.165) is 18.8 Å². The molecule has 1 aliphatic rings. The van der Waals surface area contributed by atoms with Crippen molar-refractivity contribution in [3.05, 3.63) is 29.3 Å². The van der Waals surface area contributed by atoms with Gasteiger partial charge >= 0.3 is 0 Å². The predicted molar refractivity (Wildman–Crippen MR) is 74.4 cm³/mol. The molecule has 1 heterocycles. The van der Waals surface area contributed by atoms with Crippen molar-refractivity contribution < 1.29 is 9.47 Å². The van der Waals surface area contributed by atoms with E-state index >= 15 is 0 Å². The van der Waals surface area contributed by atoms with E-state index in [1.165, 1.54) is 24.0 Å². The second kappa shape index (κ2) is 6.24. The molecular formula is C16H24O2. The fraction of sp³-hybridized carbons (Fsp3) is 0.625. The van der Waals surface area contributed by atoms with Gasteiger partial charge in [-0.3, -0.25) is 0 Å². The van der Waals surface area contributed by atoms with Gasteiger partial charge in [0.15, 0.2) is 0 Å². The van der Waals surface area contributed by atoms with Gasteiger partial charge in [-0.25, -0.2) is 0 Å². The van der Waals surface area contributed by atoms with E-state index in [1.54, 1.807) is 0 Å². The van der Waals surface area contributed by atoms with Gasteiger partial charge in [-0.15, -0.1) is 0 Å². The van der Waals surface area contributed by atoms with Crippen LogP contribution in [-0.4, -0.2) is 19.3 Å². The van der Waals surface area contributed by atoms with Crippen LogP contribution in [0, 0.1) is 6.92 Å². The maximum atomic E-state index is 5.94. The van der Waals surface area contributed by atoms with Crippen LogP contribution in [0.2, 0.25) is 0 Å². The van der Waals surface area contributed by atoms with Crippen LogP contribution in [0.3, 0.4) is 0 Å². The molecule has 0 radical (unpaired) electrons. The Bertz CT molecular complexity index is 379. The summed E-state index contributed by atoms with van der Waals surface area (Å²) in [5.41, 5.74) is 2.54. The minimum atomic E-state index is 0.279.